The van der Waals surface area contributed by atoms with E-state index in [4.69, 9.17) is 0 Å². The molecule has 0 atom stereocenters. The van der Waals surface area contributed by atoms with Gasteiger partial charge in [-0.05, 0) is 0 Å². The fraction of sp³-hybridized carbons (Fsp3) is 0.667. The quantitative estimate of drug-likeness (QED) is 0.346. The number of carbonyl (C=O) groups is 2. The van der Waals surface area contributed by atoms with Gasteiger partial charge in [0.2, 0.25) is 0 Å². The predicted octanol–water partition coefficient (Wildman–Crippen LogP) is -0.383. The highest BCUT2D eigenvalue weighted by Gasteiger charge is 1.92. The maximum Gasteiger partial charge on any atom is 0.303 e. The standard InChI is InChI=1S/C6H11NO4/c1-5(8)10-3-7-4-11-6(2)9/h7H,3-4H2,1-2H3. The van der Waals surface area contributed by atoms with Gasteiger partial charge in [-0.1, -0.05) is 0 Å². The molecular weight excluding hydrogens is 150 g/mol. The van der Waals surface area contributed by atoms with E-state index in [2.05, 4.69) is 14.8 Å². The van der Waals surface area contributed by atoms with Crippen LogP contribution >= 0.6 is 0 Å². The Morgan fingerprint density at radius 1 is 1.09 bits per heavy atom. The van der Waals surface area contributed by atoms with Crippen LogP contribution in [-0.4, -0.2) is 25.4 Å². The molecule has 5 nitrogen and oxygen atoms in total. The summed E-state index contributed by atoms with van der Waals surface area (Å²) in [6.45, 7) is 2.71. The van der Waals surface area contributed by atoms with E-state index in [1.54, 1.807) is 0 Å². The highest BCUT2D eigenvalue weighted by atomic mass is 16.6. The van der Waals surface area contributed by atoms with Gasteiger partial charge < -0.3 is 9.47 Å². The molecule has 0 fully saturated rings. The zero-order valence-electron chi connectivity index (χ0n) is 6.55. The van der Waals surface area contributed by atoms with E-state index in [0.29, 0.717) is 0 Å². The van der Waals surface area contributed by atoms with E-state index < -0.39 is 0 Å². The summed E-state index contributed by atoms with van der Waals surface area (Å²) in [5, 5.41) is 2.56. The second kappa shape index (κ2) is 5.67. The van der Waals surface area contributed by atoms with Crippen LogP contribution in [0.2, 0.25) is 0 Å². The summed E-state index contributed by atoms with van der Waals surface area (Å²) < 4.78 is 8.96. The highest BCUT2D eigenvalue weighted by Crippen LogP contribution is 1.74. The fourth-order valence-electron chi connectivity index (χ4n) is 0.347. The molecule has 0 spiro atoms. The lowest BCUT2D eigenvalue weighted by atomic mass is 10.8. The number of hydrogen-bond donors (Lipinski definition) is 1. The molecule has 0 radical (unpaired) electrons. The number of hydrogen-bond acceptors (Lipinski definition) is 5. The second-order valence-electron chi connectivity index (χ2n) is 1.81. The van der Waals surface area contributed by atoms with Crippen LogP contribution in [0.5, 0.6) is 0 Å². The molecule has 11 heavy (non-hydrogen) atoms. The Bertz CT molecular complexity index is 130. The fourth-order valence-corrected chi connectivity index (χ4v) is 0.347. The van der Waals surface area contributed by atoms with Gasteiger partial charge in [0, 0.05) is 13.8 Å². The van der Waals surface area contributed by atoms with Gasteiger partial charge in [-0.3, -0.25) is 14.9 Å². The van der Waals surface area contributed by atoms with E-state index in [0.717, 1.165) is 0 Å². The van der Waals surface area contributed by atoms with Crippen molar-refractivity contribution in [3.63, 3.8) is 0 Å². The first kappa shape index (κ1) is 9.90. The normalized spacial score (nSPS) is 8.91. The summed E-state index contributed by atoms with van der Waals surface area (Å²) in [5.41, 5.74) is 0. The first-order valence-corrected chi connectivity index (χ1v) is 3.10. The largest absolute Gasteiger partial charge is 0.450 e. The Morgan fingerprint density at radius 2 is 1.45 bits per heavy atom. The lowest BCUT2D eigenvalue weighted by Crippen LogP contribution is -2.23. The molecule has 0 saturated heterocycles. The Labute approximate surface area is 64.7 Å². The monoisotopic (exact) mass is 161 g/mol. The van der Waals surface area contributed by atoms with Crippen molar-refractivity contribution in [1.82, 2.24) is 5.32 Å². The smallest absolute Gasteiger partial charge is 0.303 e. The Balaban J connectivity index is 3.03. The van der Waals surface area contributed by atoms with Crippen LogP contribution in [0.3, 0.4) is 0 Å². The van der Waals surface area contributed by atoms with Gasteiger partial charge >= 0.3 is 11.9 Å². The minimum Gasteiger partial charge on any atom is -0.450 e. The van der Waals surface area contributed by atoms with E-state index in [1.165, 1.54) is 13.8 Å². The molecule has 0 aromatic heterocycles. The lowest BCUT2D eigenvalue weighted by Gasteiger charge is -2.03. The summed E-state index contributed by atoms with van der Waals surface area (Å²) in [6.07, 6.45) is 0. The van der Waals surface area contributed by atoms with Crippen LogP contribution in [0.4, 0.5) is 0 Å². The zero-order valence-corrected chi connectivity index (χ0v) is 6.55. The van der Waals surface area contributed by atoms with Gasteiger partial charge in [-0.15, -0.1) is 0 Å². The molecular formula is C6H11NO4. The van der Waals surface area contributed by atoms with Crippen LogP contribution in [-0.2, 0) is 19.1 Å². The number of esters is 2. The van der Waals surface area contributed by atoms with Crippen LogP contribution < -0.4 is 5.32 Å². The molecule has 0 aromatic rings. The van der Waals surface area contributed by atoms with Crippen molar-refractivity contribution in [1.29, 1.82) is 0 Å². The third-order valence-corrected chi connectivity index (χ3v) is 0.755. The van der Waals surface area contributed by atoms with Gasteiger partial charge in [-0.2, -0.15) is 0 Å². The SMILES string of the molecule is CC(=O)OCNCOC(C)=O. The van der Waals surface area contributed by atoms with Crippen molar-refractivity contribution >= 4 is 11.9 Å². The highest BCUT2D eigenvalue weighted by molar-refractivity contribution is 5.66. The Kier molecular flexibility index (Phi) is 5.10. The number of nitrogens with one attached hydrogen (secondary N) is 1. The maximum atomic E-state index is 10.2. The molecule has 0 amide bonds. The van der Waals surface area contributed by atoms with Crippen molar-refractivity contribution in [2.45, 2.75) is 13.8 Å². The van der Waals surface area contributed by atoms with Crippen LogP contribution in [0, 0.1) is 0 Å². The summed E-state index contributed by atoms with van der Waals surface area (Å²) in [6, 6.07) is 0. The molecule has 0 unspecified atom stereocenters. The zero-order chi connectivity index (χ0) is 8.69. The molecule has 0 bridgehead atoms. The predicted molar refractivity (Wildman–Crippen MR) is 36.4 cm³/mol. The lowest BCUT2D eigenvalue weighted by molar-refractivity contribution is -0.144. The first-order valence-electron chi connectivity index (χ1n) is 3.10. The van der Waals surface area contributed by atoms with Gasteiger partial charge in [-0.25, -0.2) is 0 Å². The van der Waals surface area contributed by atoms with E-state index in [9.17, 15) is 9.59 Å². The average Bonchev–Trinajstić information content (AvgIpc) is 1.85. The summed E-state index contributed by atoms with van der Waals surface area (Å²) in [5.74, 6) is -0.749. The summed E-state index contributed by atoms with van der Waals surface area (Å²) in [7, 11) is 0. The molecule has 0 saturated carbocycles. The van der Waals surface area contributed by atoms with Gasteiger partial charge in [0.25, 0.3) is 0 Å². The molecule has 0 heterocycles. The maximum absolute atomic E-state index is 10.2. The van der Waals surface area contributed by atoms with Crippen molar-refractivity contribution in [3.8, 4) is 0 Å². The molecule has 0 aliphatic rings. The van der Waals surface area contributed by atoms with Crippen LogP contribution in [0.15, 0.2) is 0 Å². The van der Waals surface area contributed by atoms with Crippen molar-refractivity contribution in [2.75, 3.05) is 13.5 Å². The van der Waals surface area contributed by atoms with Gasteiger partial charge in [0.15, 0.2) is 0 Å². The first-order chi connectivity index (χ1) is 5.13. The minimum absolute atomic E-state index is 0.0581. The molecule has 0 aliphatic carbocycles. The molecule has 0 aromatic carbocycles. The minimum atomic E-state index is -0.375. The van der Waals surface area contributed by atoms with Crippen molar-refractivity contribution in [3.05, 3.63) is 0 Å². The number of ether oxygens (including phenoxy) is 2. The van der Waals surface area contributed by atoms with E-state index in [-0.39, 0.29) is 25.4 Å². The van der Waals surface area contributed by atoms with Gasteiger partial charge in [0.05, 0.1) is 0 Å². The van der Waals surface area contributed by atoms with Crippen LogP contribution in [0.25, 0.3) is 0 Å². The summed E-state index contributed by atoms with van der Waals surface area (Å²) >= 11 is 0. The topological polar surface area (TPSA) is 64.6 Å². The third kappa shape index (κ3) is 8.90. The molecule has 64 valence electrons. The van der Waals surface area contributed by atoms with Crippen LogP contribution in [0.1, 0.15) is 13.8 Å². The molecule has 0 aliphatic heterocycles. The third-order valence-electron chi connectivity index (χ3n) is 0.755. The molecule has 0 rings (SSSR count). The van der Waals surface area contributed by atoms with E-state index in [1.807, 2.05) is 0 Å². The Morgan fingerprint density at radius 3 is 1.73 bits per heavy atom. The molecule has 5 heteroatoms. The number of rotatable bonds is 4. The molecule has 1 N–H and O–H groups in total. The van der Waals surface area contributed by atoms with Crippen molar-refractivity contribution < 1.29 is 19.1 Å². The van der Waals surface area contributed by atoms with E-state index >= 15 is 0 Å². The van der Waals surface area contributed by atoms with Gasteiger partial charge in [0.1, 0.15) is 13.5 Å². The second-order valence-corrected chi connectivity index (χ2v) is 1.81. The van der Waals surface area contributed by atoms with Crippen molar-refractivity contribution in [2.24, 2.45) is 0 Å². The average molecular weight is 161 g/mol. The summed E-state index contributed by atoms with van der Waals surface area (Å²) in [4.78, 5) is 20.3. The Hall–Kier alpha value is -1.10. The number of carbonyl (C=O) groups excluding carboxylic acids is 2.